The van der Waals surface area contributed by atoms with Gasteiger partial charge < -0.3 is 14.7 Å². The van der Waals surface area contributed by atoms with Crippen LogP contribution in [0.15, 0.2) is 48.5 Å². The number of nitrogens with zero attached hydrogens (tertiary/aromatic N) is 1. The van der Waals surface area contributed by atoms with E-state index in [2.05, 4.69) is 12.1 Å². The topological polar surface area (TPSA) is 66.8 Å². The van der Waals surface area contributed by atoms with E-state index in [1.165, 1.54) is 5.56 Å². The second-order valence-corrected chi connectivity index (χ2v) is 7.02. The molecule has 1 N–H and O–H groups in total. The summed E-state index contributed by atoms with van der Waals surface area (Å²) in [5.41, 5.74) is 2.08. The molecule has 5 nitrogen and oxygen atoms in total. The van der Waals surface area contributed by atoms with Crippen molar-refractivity contribution in [1.29, 1.82) is 0 Å². The molecule has 0 aromatic heterocycles. The van der Waals surface area contributed by atoms with Gasteiger partial charge in [0.2, 0.25) is 5.91 Å². The van der Waals surface area contributed by atoms with Gasteiger partial charge >= 0.3 is 5.97 Å². The zero-order valence-electron chi connectivity index (χ0n) is 15.6. The lowest BCUT2D eigenvalue weighted by molar-refractivity contribution is -0.131. The van der Waals surface area contributed by atoms with Crippen LogP contribution in [0.1, 0.15) is 34.3 Å². The standard InChI is InChI=1S/C22H25NO4/c1-27-19-8-6-16(7-9-19)14-17-10-12-23(13-11-17)21(24)15-18-4-2-3-5-20(18)22(25)26/h2-9,17H,10-15H2,1H3,(H,25,26). The van der Waals surface area contributed by atoms with Crippen molar-refractivity contribution < 1.29 is 19.4 Å². The number of ether oxygens (including phenoxy) is 1. The van der Waals surface area contributed by atoms with Gasteiger partial charge in [0.25, 0.3) is 0 Å². The van der Waals surface area contributed by atoms with Crippen LogP contribution in [0.2, 0.25) is 0 Å². The molecule has 0 spiro atoms. The quantitative estimate of drug-likeness (QED) is 0.850. The van der Waals surface area contributed by atoms with Crippen molar-refractivity contribution in [2.75, 3.05) is 20.2 Å². The molecule has 1 saturated heterocycles. The predicted octanol–water partition coefficient (Wildman–Crippen LogP) is 3.42. The maximum Gasteiger partial charge on any atom is 0.335 e. The molecule has 27 heavy (non-hydrogen) atoms. The van der Waals surface area contributed by atoms with E-state index < -0.39 is 5.97 Å². The normalized spacial score (nSPS) is 14.8. The van der Waals surface area contributed by atoms with E-state index in [-0.39, 0.29) is 17.9 Å². The summed E-state index contributed by atoms with van der Waals surface area (Å²) in [7, 11) is 1.66. The Morgan fingerprint density at radius 1 is 1.07 bits per heavy atom. The zero-order chi connectivity index (χ0) is 19.2. The highest BCUT2D eigenvalue weighted by atomic mass is 16.5. The van der Waals surface area contributed by atoms with Gasteiger partial charge in [-0.2, -0.15) is 0 Å². The number of rotatable bonds is 6. The number of hydrogen-bond donors (Lipinski definition) is 1. The number of benzene rings is 2. The number of piperidine rings is 1. The zero-order valence-corrected chi connectivity index (χ0v) is 15.6. The van der Waals surface area contributed by atoms with Gasteiger partial charge in [0.05, 0.1) is 19.1 Å². The minimum atomic E-state index is -0.989. The van der Waals surface area contributed by atoms with E-state index in [1.807, 2.05) is 17.0 Å². The number of carbonyl (C=O) groups is 2. The molecule has 1 aliphatic rings. The lowest BCUT2D eigenvalue weighted by Crippen LogP contribution is -2.39. The fourth-order valence-corrected chi connectivity index (χ4v) is 3.64. The second kappa shape index (κ2) is 8.71. The highest BCUT2D eigenvalue weighted by molar-refractivity contribution is 5.91. The van der Waals surface area contributed by atoms with Gasteiger partial charge in [0.1, 0.15) is 5.75 Å². The van der Waals surface area contributed by atoms with Gasteiger partial charge in [-0.1, -0.05) is 30.3 Å². The van der Waals surface area contributed by atoms with Crippen LogP contribution in [0.5, 0.6) is 5.75 Å². The molecule has 0 unspecified atom stereocenters. The van der Waals surface area contributed by atoms with Crippen molar-refractivity contribution in [2.24, 2.45) is 5.92 Å². The van der Waals surface area contributed by atoms with E-state index >= 15 is 0 Å². The summed E-state index contributed by atoms with van der Waals surface area (Å²) in [5, 5.41) is 9.26. The lowest BCUT2D eigenvalue weighted by Gasteiger charge is -2.32. The first-order valence-electron chi connectivity index (χ1n) is 9.28. The van der Waals surface area contributed by atoms with Gasteiger partial charge in [-0.25, -0.2) is 4.79 Å². The lowest BCUT2D eigenvalue weighted by atomic mass is 9.90. The highest BCUT2D eigenvalue weighted by Gasteiger charge is 2.24. The molecule has 1 aliphatic heterocycles. The number of carboxylic acids is 1. The minimum Gasteiger partial charge on any atom is -0.497 e. The SMILES string of the molecule is COc1ccc(CC2CCN(C(=O)Cc3ccccc3C(=O)O)CC2)cc1. The Labute approximate surface area is 159 Å². The number of aromatic carboxylic acids is 1. The Bertz CT molecular complexity index is 792. The Kier molecular flexibility index (Phi) is 6.12. The van der Waals surface area contributed by atoms with Gasteiger partial charge in [0.15, 0.2) is 0 Å². The molecule has 0 atom stereocenters. The number of amides is 1. The summed E-state index contributed by atoms with van der Waals surface area (Å²) < 4.78 is 5.19. The van der Waals surface area contributed by atoms with Crippen LogP contribution in [0.4, 0.5) is 0 Å². The summed E-state index contributed by atoms with van der Waals surface area (Å²) in [5.74, 6) is 0.442. The molecule has 0 aliphatic carbocycles. The smallest absolute Gasteiger partial charge is 0.335 e. The first-order chi connectivity index (χ1) is 13.1. The molecule has 3 rings (SSSR count). The number of carbonyl (C=O) groups excluding carboxylic acids is 1. The van der Waals surface area contributed by atoms with Gasteiger partial charge in [-0.3, -0.25) is 4.79 Å². The van der Waals surface area contributed by atoms with Crippen molar-refractivity contribution >= 4 is 11.9 Å². The predicted molar refractivity (Wildman–Crippen MR) is 103 cm³/mol. The maximum atomic E-state index is 12.6. The van der Waals surface area contributed by atoms with Crippen LogP contribution in [0.3, 0.4) is 0 Å². The molecule has 0 radical (unpaired) electrons. The molecular weight excluding hydrogens is 342 g/mol. The molecule has 2 aromatic rings. The van der Waals surface area contributed by atoms with Crippen LogP contribution in [0.25, 0.3) is 0 Å². The third kappa shape index (κ3) is 4.88. The molecule has 142 valence electrons. The Morgan fingerprint density at radius 3 is 2.37 bits per heavy atom. The fourth-order valence-electron chi connectivity index (χ4n) is 3.64. The van der Waals surface area contributed by atoms with Crippen molar-refractivity contribution in [3.63, 3.8) is 0 Å². The van der Waals surface area contributed by atoms with E-state index in [0.717, 1.165) is 38.1 Å². The van der Waals surface area contributed by atoms with Gasteiger partial charge in [-0.15, -0.1) is 0 Å². The highest BCUT2D eigenvalue weighted by Crippen LogP contribution is 2.23. The molecule has 1 heterocycles. The Morgan fingerprint density at radius 2 is 1.74 bits per heavy atom. The van der Waals surface area contributed by atoms with Gasteiger partial charge in [-0.05, 0) is 54.5 Å². The van der Waals surface area contributed by atoms with Crippen molar-refractivity contribution in [3.05, 3.63) is 65.2 Å². The maximum absolute atomic E-state index is 12.6. The van der Waals surface area contributed by atoms with Crippen LogP contribution >= 0.6 is 0 Å². The van der Waals surface area contributed by atoms with Gasteiger partial charge in [0, 0.05) is 13.1 Å². The summed E-state index contributed by atoms with van der Waals surface area (Å²) >= 11 is 0. The molecule has 5 heteroatoms. The number of carboxylic acid groups (broad SMARTS) is 1. The van der Waals surface area contributed by atoms with Crippen molar-refractivity contribution in [2.45, 2.75) is 25.7 Å². The summed E-state index contributed by atoms with van der Waals surface area (Å²) in [6, 6.07) is 14.9. The Balaban J connectivity index is 1.52. The molecule has 0 saturated carbocycles. The van der Waals surface area contributed by atoms with Crippen LogP contribution in [-0.2, 0) is 17.6 Å². The fraction of sp³-hybridized carbons (Fsp3) is 0.364. The second-order valence-electron chi connectivity index (χ2n) is 7.02. The van der Waals surface area contributed by atoms with Crippen molar-refractivity contribution in [1.82, 2.24) is 4.90 Å². The molecule has 1 fully saturated rings. The van der Waals surface area contributed by atoms with E-state index in [9.17, 15) is 14.7 Å². The monoisotopic (exact) mass is 367 g/mol. The third-order valence-corrected chi connectivity index (χ3v) is 5.24. The number of methoxy groups -OCH3 is 1. The van der Waals surface area contributed by atoms with Crippen molar-refractivity contribution in [3.8, 4) is 5.75 Å². The van der Waals surface area contributed by atoms with Crippen LogP contribution in [-0.4, -0.2) is 42.1 Å². The number of likely N-dealkylation sites (tertiary alicyclic amines) is 1. The summed E-state index contributed by atoms with van der Waals surface area (Å²) in [6.07, 6.45) is 3.09. The molecular formula is C22H25NO4. The first kappa shape index (κ1) is 19.0. The van der Waals surface area contributed by atoms with E-state index in [4.69, 9.17) is 4.74 Å². The largest absolute Gasteiger partial charge is 0.497 e. The minimum absolute atomic E-state index is 0.00611. The molecule has 1 amide bonds. The van der Waals surface area contributed by atoms with Crippen LogP contribution in [0, 0.1) is 5.92 Å². The van der Waals surface area contributed by atoms with Crippen LogP contribution < -0.4 is 4.74 Å². The van der Waals surface area contributed by atoms with E-state index in [1.54, 1.807) is 31.4 Å². The molecule has 0 bridgehead atoms. The van der Waals surface area contributed by atoms with E-state index in [0.29, 0.717) is 11.5 Å². The summed E-state index contributed by atoms with van der Waals surface area (Å²) in [4.78, 5) is 25.8. The third-order valence-electron chi connectivity index (χ3n) is 5.24. The summed E-state index contributed by atoms with van der Waals surface area (Å²) in [6.45, 7) is 1.46. The Hall–Kier alpha value is -2.82. The first-order valence-corrected chi connectivity index (χ1v) is 9.28. The average Bonchev–Trinajstić information content (AvgIpc) is 2.69. The number of hydrogen-bond acceptors (Lipinski definition) is 3. The average molecular weight is 367 g/mol. The molecule has 2 aromatic carbocycles.